The third-order valence-electron chi connectivity index (χ3n) is 4.88. The molecule has 0 amide bonds. The van der Waals surface area contributed by atoms with Crippen molar-refractivity contribution in [1.82, 2.24) is 4.90 Å². The molecule has 0 fully saturated rings. The van der Waals surface area contributed by atoms with Crippen molar-refractivity contribution in [3.8, 4) is 0 Å². The van der Waals surface area contributed by atoms with Gasteiger partial charge in [-0.1, -0.05) is 66.7 Å². The van der Waals surface area contributed by atoms with E-state index in [4.69, 9.17) is 9.15 Å². The molecule has 3 rings (SSSR count). The number of aryl methyl sites for hydroxylation is 1. The molecule has 6 heteroatoms. The lowest BCUT2D eigenvalue weighted by atomic mass is 9.99. The molecule has 1 aromatic heterocycles. The largest absolute Gasteiger partial charge is 0.377 e. The first-order valence-electron chi connectivity index (χ1n) is 10.2. The Labute approximate surface area is 199 Å². The highest BCUT2D eigenvalue weighted by Crippen LogP contribution is 2.31. The first kappa shape index (κ1) is 27.9. The van der Waals surface area contributed by atoms with E-state index < -0.39 is 0 Å². The standard InChI is InChI=1S/C26H28N2S.CH3F.F2/c1-19-11-13-21(14-12-19)17-23(18-24(27-3)22-9-7-6-8-10-22)26-16-15-25(29-26)20(2)28(4)5;2*1-2/h6-16,18H,2,17H2,1,3-5H3;1H3;/b23-18+,27-24?;;. The van der Waals surface area contributed by atoms with Crippen molar-refractivity contribution in [1.29, 1.82) is 0 Å². The number of benzene rings is 2. The Morgan fingerprint density at radius 1 is 0.939 bits per heavy atom. The molecule has 0 unspecified atom stereocenters. The van der Waals surface area contributed by atoms with Crippen molar-refractivity contribution in [2.75, 3.05) is 28.3 Å². The summed E-state index contributed by atoms with van der Waals surface area (Å²) in [6.07, 6.45) is 3.09. The average molecular weight is 473 g/mol. The van der Waals surface area contributed by atoms with Crippen molar-refractivity contribution in [3.05, 3.63) is 106 Å². The van der Waals surface area contributed by atoms with Gasteiger partial charge < -0.3 is 4.90 Å². The maximum Gasteiger partial charge on any atom is 0.0785 e. The van der Waals surface area contributed by atoms with E-state index in [0.717, 1.165) is 23.4 Å². The molecule has 0 bridgehead atoms. The molecular weight excluding hydrogens is 441 g/mol. The molecule has 0 aliphatic heterocycles. The zero-order valence-corrected chi connectivity index (χ0v) is 20.6. The molecule has 2 aromatic carbocycles. The minimum absolute atomic E-state index is 0.500. The van der Waals surface area contributed by atoms with Gasteiger partial charge in [0.25, 0.3) is 0 Å². The van der Waals surface area contributed by atoms with E-state index in [1.165, 1.54) is 26.5 Å². The minimum Gasteiger partial charge on any atom is -0.377 e. The molecule has 0 aliphatic rings. The van der Waals surface area contributed by atoms with Crippen LogP contribution < -0.4 is 0 Å². The Balaban J connectivity index is 0.00000129. The summed E-state index contributed by atoms with van der Waals surface area (Å²) in [5, 5.41) is 0. The van der Waals surface area contributed by atoms with Crippen molar-refractivity contribution >= 4 is 28.3 Å². The van der Waals surface area contributed by atoms with Crippen LogP contribution in [0.3, 0.4) is 0 Å². The fraction of sp³-hybridized carbons (Fsp3) is 0.222. The highest BCUT2D eigenvalue weighted by molar-refractivity contribution is 7.14. The second-order valence-electron chi connectivity index (χ2n) is 7.31. The summed E-state index contributed by atoms with van der Waals surface area (Å²) in [6.45, 7) is 6.33. The van der Waals surface area contributed by atoms with Crippen LogP contribution in [-0.2, 0) is 6.42 Å². The number of hydrogen-bond acceptors (Lipinski definition) is 3. The molecule has 0 saturated carbocycles. The van der Waals surface area contributed by atoms with Gasteiger partial charge in [0.05, 0.1) is 17.8 Å². The molecule has 1 heterocycles. The topological polar surface area (TPSA) is 15.6 Å². The highest BCUT2D eigenvalue weighted by atomic mass is 32.1. The normalized spacial score (nSPS) is 11.0. The van der Waals surface area contributed by atoms with Crippen LogP contribution in [-0.4, -0.2) is 38.9 Å². The van der Waals surface area contributed by atoms with Crippen LogP contribution in [0.5, 0.6) is 0 Å². The van der Waals surface area contributed by atoms with Crippen LogP contribution in [0.2, 0.25) is 0 Å². The van der Waals surface area contributed by atoms with E-state index in [2.05, 4.69) is 90.1 Å². The smallest absolute Gasteiger partial charge is 0.0785 e. The number of rotatable bonds is 7. The maximum atomic E-state index is 9.50. The summed E-state index contributed by atoms with van der Waals surface area (Å²) in [7, 11) is 6.42. The Morgan fingerprint density at radius 2 is 1.52 bits per heavy atom. The predicted octanol–water partition coefficient (Wildman–Crippen LogP) is 7.76. The van der Waals surface area contributed by atoms with Crippen LogP contribution in [0.1, 0.15) is 26.4 Å². The lowest BCUT2D eigenvalue weighted by molar-refractivity contribution is 0.108. The summed E-state index contributed by atoms with van der Waals surface area (Å²) in [6, 6.07) is 23.5. The predicted molar refractivity (Wildman–Crippen MR) is 138 cm³/mol. The molecule has 0 saturated heterocycles. The summed E-state index contributed by atoms with van der Waals surface area (Å²) in [4.78, 5) is 9.07. The Bertz CT molecular complexity index is 1040. The number of hydrogen-bond donors (Lipinski definition) is 0. The minimum atomic E-state index is 0.500. The van der Waals surface area contributed by atoms with Gasteiger partial charge in [-0.15, -0.1) is 11.3 Å². The van der Waals surface area contributed by atoms with E-state index in [1.54, 1.807) is 11.3 Å². The molecule has 176 valence electrons. The van der Waals surface area contributed by atoms with Crippen LogP contribution in [0.15, 0.2) is 84.4 Å². The molecular formula is C27H31F3N2S. The molecule has 0 radical (unpaired) electrons. The average Bonchev–Trinajstić information content (AvgIpc) is 3.35. The fourth-order valence-electron chi connectivity index (χ4n) is 3.07. The van der Waals surface area contributed by atoms with Gasteiger partial charge >= 0.3 is 0 Å². The number of aliphatic imine (C=N–C) groups is 1. The Morgan fingerprint density at radius 3 is 2.06 bits per heavy atom. The van der Waals surface area contributed by atoms with E-state index in [-0.39, 0.29) is 0 Å². The lowest BCUT2D eigenvalue weighted by Crippen LogP contribution is -2.07. The van der Waals surface area contributed by atoms with E-state index in [0.29, 0.717) is 7.18 Å². The number of alkyl halides is 1. The molecule has 33 heavy (non-hydrogen) atoms. The van der Waals surface area contributed by atoms with Gasteiger partial charge in [-0.05, 0) is 48.3 Å². The first-order chi connectivity index (χ1) is 16.0. The third-order valence-corrected chi connectivity index (χ3v) is 6.09. The zero-order chi connectivity index (χ0) is 24.8. The quantitative estimate of drug-likeness (QED) is 0.321. The lowest BCUT2D eigenvalue weighted by Gasteiger charge is -2.13. The highest BCUT2D eigenvalue weighted by Gasteiger charge is 2.12. The second-order valence-corrected chi connectivity index (χ2v) is 8.40. The number of nitrogens with zero attached hydrogens (tertiary/aromatic N) is 2. The Kier molecular flexibility index (Phi) is 12.6. The molecule has 0 atom stereocenters. The van der Waals surface area contributed by atoms with Gasteiger partial charge in [0, 0.05) is 40.9 Å². The molecule has 0 N–H and O–H groups in total. The number of thiophene rings is 1. The van der Waals surface area contributed by atoms with Crippen LogP contribution >= 0.6 is 11.3 Å². The maximum absolute atomic E-state index is 9.50. The van der Waals surface area contributed by atoms with Gasteiger partial charge in [0.15, 0.2) is 0 Å². The molecule has 2 nitrogen and oxygen atoms in total. The number of halogens is 3. The van der Waals surface area contributed by atoms with Crippen LogP contribution in [0.4, 0.5) is 13.5 Å². The summed E-state index contributed by atoms with van der Waals surface area (Å²) in [5.74, 6) is 0. The van der Waals surface area contributed by atoms with Crippen molar-refractivity contribution in [2.24, 2.45) is 4.99 Å². The van der Waals surface area contributed by atoms with E-state index in [9.17, 15) is 4.39 Å². The first-order valence-corrected chi connectivity index (χ1v) is 11.1. The monoisotopic (exact) mass is 472 g/mol. The zero-order valence-electron chi connectivity index (χ0n) is 19.8. The van der Waals surface area contributed by atoms with Gasteiger partial charge in [0.2, 0.25) is 0 Å². The van der Waals surface area contributed by atoms with Crippen LogP contribution in [0.25, 0.3) is 11.3 Å². The van der Waals surface area contributed by atoms with Gasteiger partial charge in [-0.3, -0.25) is 9.38 Å². The van der Waals surface area contributed by atoms with Crippen molar-refractivity contribution in [3.63, 3.8) is 0 Å². The van der Waals surface area contributed by atoms with Crippen LogP contribution in [0, 0.1) is 6.92 Å². The molecule has 3 aromatic rings. The summed E-state index contributed by atoms with van der Waals surface area (Å²) >= 11 is 1.78. The molecule has 0 aliphatic carbocycles. The SMILES string of the molecule is C=C(c1ccc(/C(=C/C(=NC)c2ccccc2)Cc2ccc(C)cc2)s1)N(C)C.CF.FF. The van der Waals surface area contributed by atoms with Crippen molar-refractivity contribution < 1.29 is 13.5 Å². The van der Waals surface area contributed by atoms with Gasteiger partial charge in [-0.2, -0.15) is 0 Å². The van der Waals surface area contributed by atoms with E-state index >= 15 is 0 Å². The van der Waals surface area contributed by atoms with Gasteiger partial charge in [-0.25, -0.2) is 0 Å². The Hall–Kier alpha value is -3.12. The van der Waals surface area contributed by atoms with Crippen molar-refractivity contribution in [2.45, 2.75) is 13.3 Å². The molecule has 0 spiro atoms. The third kappa shape index (κ3) is 8.39. The van der Waals surface area contributed by atoms with Gasteiger partial charge in [0.1, 0.15) is 0 Å². The fourth-order valence-corrected chi connectivity index (χ4v) is 4.14. The number of allylic oxidation sites excluding steroid dienone is 2. The summed E-state index contributed by atoms with van der Waals surface area (Å²) < 4.78 is 25.5. The van der Waals surface area contributed by atoms with E-state index in [1.807, 2.05) is 27.2 Å². The summed E-state index contributed by atoms with van der Waals surface area (Å²) in [5.41, 5.74) is 7.00. The second kappa shape index (κ2) is 14.9.